The fraction of sp³-hybridized carbons (Fsp3) is 0.474. The second-order valence-corrected chi connectivity index (χ2v) is 7.82. The average Bonchev–Trinajstić information content (AvgIpc) is 3.02. The van der Waals surface area contributed by atoms with E-state index >= 15 is 0 Å². The second-order valence-electron chi connectivity index (χ2n) is 7.82. The number of carbonyl (C=O) groups excluding carboxylic acids is 1. The largest absolute Gasteiger partial charge is 0.497 e. The number of benzene rings is 1. The number of alkyl halides is 3. The third-order valence-corrected chi connectivity index (χ3v) is 4.47. The van der Waals surface area contributed by atoms with Crippen LogP contribution in [0.3, 0.4) is 0 Å². The van der Waals surface area contributed by atoms with Crippen LogP contribution in [0.15, 0.2) is 30.5 Å². The molecule has 28 heavy (non-hydrogen) atoms. The van der Waals surface area contributed by atoms with Gasteiger partial charge in [0, 0.05) is 12.0 Å². The standard InChI is InChI=1S/C19H23F3N4O2/c1-18(2,3)25-17(27)13-10-23-26-15(19(20,21)22)9-14(24-16(13)26)11-6-5-7-12(8-11)28-4/h5-8,10,14-15,24H,9H2,1-4H3,(H,25,27)/t14-,15-/m0/s1. The summed E-state index contributed by atoms with van der Waals surface area (Å²) in [6.45, 7) is 5.39. The van der Waals surface area contributed by atoms with E-state index in [1.165, 1.54) is 13.3 Å². The molecular weight excluding hydrogens is 373 g/mol. The van der Waals surface area contributed by atoms with Crippen molar-refractivity contribution in [2.24, 2.45) is 0 Å². The molecule has 3 rings (SSSR count). The van der Waals surface area contributed by atoms with Crippen LogP contribution in [0.4, 0.5) is 19.0 Å². The van der Waals surface area contributed by atoms with Gasteiger partial charge < -0.3 is 15.4 Å². The first-order valence-corrected chi connectivity index (χ1v) is 8.87. The maximum Gasteiger partial charge on any atom is 0.410 e. The van der Waals surface area contributed by atoms with Crippen molar-refractivity contribution in [1.82, 2.24) is 15.1 Å². The maximum absolute atomic E-state index is 13.7. The van der Waals surface area contributed by atoms with Crippen molar-refractivity contribution in [2.45, 2.75) is 51.0 Å². The van der Waals surface area contributed by atoms with Crippen LogP contribution < -0.4 is 15.4 Å². The number of amides is 1. The highest BCUT2D eigenvalue weighted by molar-refractivity contribution is 5.99. The van der Waals surface area contributed by atoms with Crippen LogP contribution >= 0.6 is 0 Å². The summed E-state index contributed by atoms with van der Waals surface area (Å²) in [5.74, 6) is 0.129. The van der Waals surface area contributed by atoms with Crippen LogP contribution in [0, 0.1) is 0 Å². The molecule has 2 aromatic rings. The topological polar surface area (TPSA) is 68.2 Å². The predicted octanol–water partition coefficient (Wildman–Crippen LogP) is 4.08. The summed E-state index contributed by atoms with van der Waals surface area (Å²) in [6.07, 6.45) is -3.57. The summed E-state index contributed by atoms with van der Waals surface area (Å²) in [5.41, 5.74) is 0.191. The fourth-order valence-electron chi connectivity index (χ4n) is 3.21. The lowest BCUT2D eigenvalue weighted by Gasteiger charge is -2.34. The highest BCUT2D eigenvalue weighted by Gasteiger charge is 2.47. The Bertz CT molecular complexity index is 871. The predicted molar refractivity (Wildman–Crippen MR) is 98.5 cm³/mol. The average molecular weight is 396 g/mol. The first-order valence-electron chi connectivity index (χ1n) is 8.87. The Morgan fingerprint density at radius 1 is 1.32 bits per heavy atom. The lowest BCUT2D eigenvalue weighted by Crippen LogP contribution is -2.41. The SMILES string of the molecule is COc1cccc([C@@H]2C[C@@H](C(F)(F)F)n3ncc(C(=O)NC(C)(C)C)c3N2)c1. The molecule has 1 amide bonds. The van der Waals surface area contributed by atoms with Crippen molar-refractivity contribution < 1.29 is 22.7 Å². The van der Waals surface area contributed by atoms with Gasteiger partial charge in [-0.15, -0.1) is 0 Å². The quantitative estimate of drug-likeness (QED) is 0.820. The molecule has 0 unspecified atom stereocenters. The molecule has 2 atom stereocenters. The van der Waals surface area contributed by atoms with E-state index in [-0.39, 0.29) is 17.8 Å². The van der Waals surface area contributed by atoms with Gasteiger partial charge in [-0.25, -0.2) is 4.68 Å². The van der Waals surface area contributed by atoms with Gasteiger partial charge in [0.2, 0.25) is 0 Å². The van der Waals surface area contributed by atoms with Crippen molar-refractivity contribution in [1.29, 1.82) is 0 Å². The number of ether oxygens (including phenoxy) is 1. The zero-order chi connectivity index (χ0) is 20.7. The highest BCUT2D eigenvalue weighted by Crippen LogP contribution is 2.44. The molecule has 0 radical (unpaired) electrons. The normalized spacial score (nSPS) is 19.5. The Balaban J connectivity index is 2.02. The highest BCUT2D eigenvalue weighted by atomic mass is 19.4. The van der Waals surface area contributed by atoms with E-state index < -0.39 is 29.7 Å². The summed E-state index contributed by atoms with van der Waals surface area (Å²) >= 11 is 0. The van der Waals surface area contributed by atoms with Gasteiger partial charge in [-0.05, 0) is 38.5 Å². The van der Waals surface area contributed by atoms with Crippen LogP contribution in [0.1, 0.15) is 55.2 Å². The van der Waals surface area contributed by atoms with Crippen LogP contribution in [0.5, 0.6) is 5.75 Å². The van der Waals surface area contributed by atoms with Gasteiger partial charge in [0.25, 0.3) is 5.91 Å². The molecule has 152 valence electrons. The third-order valence-electron chi connectivity index (χ3n) is 4.47. The summed E-state index contributed by atoms with van der Waals surface area (Å²) in [7, 11) is 1.50. The Kier molecular flexibility index (Phi) is 5.03. The molecule has 1 aromatic heterocycles. The van der Waals surface area contributed by atoms with Crippen molar-refractivity contribution in [3.05, 3.63) is 41.6 Å². The van der Waals surface area contributed by atoms with E-state index in [0.29, 0.717) is 11.3 Å². The molecule has 0 saturated heterocycles. The van der Waals surface area contributed by atoms with Gasteiger partial charge in [0.15, 0.2) is 6.04 Å². The smallest absolute Gasteiger partial charge is 0.410 e. The fourth-order valence-corrected chi connectivity index (χ4v) is 3.21. The number of fused-ring (bicyclic) bond motifs is 1. The van der Waals surface area contributed by atoms with E-state index in [4.69, 9.17) is 4.74 Å². The van der Waals surface area contributed by atoms with Crippen molar-refractivity contribution in [2.75, 3.05) is 12.4 Å². The molecule has 6 nitrogen and oxygen atoms in total. The van der Waals surface area contributed by atoms with Crippen LogP contribution in [0.25, 0.3) is 0 Å². The minimum Gasteiger partial charge on any atom is -0.497 e. The number of carbonyl (C=O) groups is 1. The summed E-state index contributed by atoms with van der Waals surface area (Å²) in [5, 5.41) is 9.70. The van der Waals surface area contributed by atoms with Gasteiger partial charge in [-0.2, -0.15) is 18.3 Å². The maximum atomic E-state index is 13.7. The molecular formula is C19H23F3N4O2. The molecule has 1 aromatic carbocycles. The monoisotopic (exact) mass is 396 g/mol. The minimum absolute atomic E-state index is 0.0585. The van der Waals surface area contributed by atoms with E-state index in [2.05, 4.69) is 15.7 Å². The van der Waals surface area contributed by atoms with Crippen molar-refractivity contribution in [3.8, 4) is 5.75 Å². The first-order chi connectivity index (χ1) is 13.0. The first kappa shape index (κ1) is 20.0. The Morgan fingerprint density at radius 3 is 2.64 bits per heavy atom. The Hall–Kier alpha value is -2.71. The molecule has 9 heteroatoms. The number of hydrogen-bond donors (Lipinski definition) is 2. The van der Waals surface area contributed by atoms with Crippen LogP contribution in [0.2, 0.25) is 0 Å². The van der Waals surface area contributed by atoms with E-state index in [1.807, 2.05) is 0 Å². The molecule has 0 bridgehead atoms. The molecule has 2 N–H and O–H groups in total. The minimum atomic E-state index is -4.50. The molecule has 0 spiro atoms. The number of halogens is 3. The second kappa shape index (κ2) is 7.03. The van der Waals surface area contributed by atoms with Crippen LogP contribution in [-0.4, -0.2) is 34.5 Å². The number of nitrogens with one attached hydrogen (secondary N) is 2. The van der Waals surface area contributed by atoms with Crippen molar-refractivity contribution in [3.63, 3.8) is 0 Å². The van der Waals surface area contributed by atoms with Gasteiger partial charge in [-0.1, -0.05) is 12.1 Å². The number of aromatic nitrogens is 2. The van der Waals surface area contributed by atoms with Gasteiger partial charge in [-0.3, -0.25) is 4.79 Å². The van der Waals surface area contributed by atoms with Gasteiger partial charge in [0.05, 0.1) is 19.3 Å². The van der Waals surface area contributed by atoms with Gasteiger partial charge in [0.1, 0.15) is 17.1 Å². The molecule has 1 aliphatic heterocycles. The molecule has 1 aliphatic rings. The Labute approximate surface area is 161 Å². The zero-order valence-corrected chi connectivity index (χ0v) is 16.1. The number of hydrogen-bond acceptors (Lipinski definition) is 4. The number of anilines is 1. The summed E-state index contributed by atoms with van der Waals surface area (Å²) in [4.78, 5) is 12.6. The van der Waals surface area contributed by atoms with E-state index in [9.17, 15) is 18.0 Å². The lowest BCUT2D eigenvalue weighted by molar-refractivity contribution is -0.173. The third kappa shape index (κ3) is 4.07. The molecule has 0 saturated carbocycles. The number of nitrogens with zero attached hydrogens (tertiary/aromatic N) is 2. The van der Waals surface area contributed by atoms with E-state index in [1.54, 1.807) is 45.0 Å². The summed E-state index contributed by atoms with van der Waals surface area (Å²) in [6, 6.07) is 4.38. The number of methoxy groups -OCH3 is 1. The van der Waals surface area contributed by atoms with E-state index in [0.717, 1.165) is 4.68 Å². The molecule has 0 fully saturated rings. The lowest BCUT2D eigenvalue weighted by atomic mass is 9.96. The molecule has 0 aliphatic carbocycles. The number of rotatable bonds is 3. The Morgan fingerprint density at radius 2 is 2.04 bits per heavy atom. The molecule has 2 heterocycles. The summed E-state index contributed by atoms with van der Waals surface area (Å²) < 4.78 is 47.2. The van der Waals surface area contributed by atoms with Crippen molar-refractivity contribution >= 4 is 11.7 Å². The van der Waals surface area contributed by atoms with Gasteiger partial charge >= 0.3 is 6.18 Å². The van der Waals surface area contributed by atoms with Crippen LogP contribution in [-0.2, 0) is 0 Å². The zero-order valence-electron chi connectivity index (χ0n) is 16.1.